The van der Waals surface area contributed by atoms with Gasteiger partial charge in [-0.25, -0.2) is 0 Å². The third kappa shape index (κ3) is 2.99. The SMILES string of the molecule is O=C(CN1CC2CCC(O)C2C1)Nc1ccccc1I. The smallest absolute Gasteiger partial charge is 0.238 e. The normalized spacial score (nSPS) is 29.4. The summed E-state index contributed by atoms with van der Waals surface area (Å²) >= 11 is 2.22. The van der Waals surface area contributed by atoms with Crippen LogP contribution in [-0.4, -0.2) is 41.7 Å². The van der Waals surface area contributed by atoms with Gasteiger partial charge in [0.1, 0.15) is 0 Å². The number of aliphatic hydroxyl groups is 1. The van der Waals surface area contributed by atoms with Crippen molar-refractivity contribution in [3.63, 3.8) is 0 Å². The number of fused-ring (bicyclic) bond motifs is 1. The van der Waals surface area contributed by atoms with Crippen molar-refractivity contribution in [1.29, 1.82) is 0 Å². The van der Waals surface area contributed by atoms with Crippen LogP contribution in [0.5, 0.6) is 0 Å². The molecular weight excluding hydrogens is 367 g/mol. The second-order valence-corrected chi connectivity index (χ2v) is 6.95. The van der Waals surface area contributed by atoms with E-state index in [1.54, 1.807) is 0 Å². The van der Waals surface area contributed by atoms with Gasteiger partial charge in [-0.15, -0.1) is 0 Å². The largest absolute Gasteiger partial charge is 0.393 e. The summed E-state index contributed by atoms with van der Waals surface area (Å²) in [6.07, 6.45) is 1.86. The van der Waals surface area contributed by atoms with Crippen molar-refractivity contribution < 1.29 is 9.90 Å². The molecule has 1 aliphatic carbocycles. The highest BCUT2D eigenvalue weighted by molar-refractivity contribution is 14.1. The predicted octanol–water partition coefficient (Wildman–Crippen LogP) is 1.93. The fourth-order valence-corrected chi connectivity index (χ4v) is 3.94. The van der Waals surface area contributed by atoms with Gasteiger partial charge < -0.3 is 10.4 Å². The molecule has 3 rings (SSSR count). The van der Waals surface area contributed by atoms with Crippen molar-refractivity contribution in [2.75, 3.05) is 25.0 Å². The number of benzene rings is 1. The molecule has 0 radical (unpaired) electrons. The summed E-state index contributed by atoms with van der Waals surface area (Å²) in [6, 6.07) is 7.78. The molecule has 2 fully saturated rings. The molecule has 1 saturated heterocycles. The van der Waals surface area contributed by atoms with Crippen molar-refractivity contribution in [1.82, 2.24) is 4.90 Å². The highest BCUT2D eigenvalue weighted by atomic mass is 127. The first-order chi connectivity index (χ1) is 9.63. The van der Waals surface area contributed by atoms with Crippen LogP contribution in [0.2, 0.25) is 0 Å². The lowest BCUT2D eigenvalue weighted by Crippen LogP contribution is -2.33. The van der Waals surface area contributed by atoms with Crippen LogP contribution in [0.1, 0.15) is 12.8 Å². The van der Waals surface area contributed by atoms with E-state index in [9.17, 15) is 9.90 Å². The minimum atomic E-state index is -0.164. The summed E-state index contributed by atoms with van der Waals surface area (Å²) in [5.74, 6) is 0.984. The van der Waals surface area contributed by atoms with Crippen LogP contribution < -0.4 is 5.32 Å². The van der Waals surface area contributed by atoms with E-state index in [2.05, 4.69) is 32.8 Å². The topological polar surface area (TPSA) is 52.6 Å². The van der Waals surface area contributed by atoms with Gasteiger partial charge in [0.2, 0.25) is 5.91 Å². The Bertz CT molecular complexity index is 508. The van der Waals surface area contributed by atoms with Crippen LogP contribution in [-0.2, 0) is 4.79 Å². The third-order valence-corrected chi connectivity index (χ3v) is 5.35. The minimum absolute atomic E-state index is 0.0311. The maximum absolute atomic E-state index is 12.1. The lowest BCUT2D eigenvalue weighted by Gasteiger charge is -2.17. The molecule has 1 amide bonds. The highest BCUT2D eigenvalue weighted by Gasteiger charge is 2.41. The van der Waals surface area contributed by atoms with Gasteiger partial charge >= 0.3 is 0 Å². The fraction of sp³-hybridized carbons (Fsp3) is 0.533. The predicted molar refractivity (Wildman–Crippen MR) is 86.4 cm³/mol. The van der Waals surface area contributed by atoms with Gasteiger partial charge in [0.25, 0.3) is 0 Å². The quantitative estimate of drug-likeness (QED) is 0.781. The summed E-state index contributed by atoms with van der Waals surface area (Å²) in [7, 11) is 0. The molecule has 0 aromatic heterocycles. The molecular formula is C15H19IN2O2. The average Bonchev–Trinajstić information content (AvgIpc) is 2.95. The number of amides is 1. The standard InChI is InChI=1S/C15H19IN2O2/c16-12-3-1-2-4-13(12)17-15(20)9-18-7-10-5-6-14(19)11(10)8-18/h1-4,10-11,14,19H,5-9H2,(H,17,20). The number of carbonyl (C=O) groups excluding carboxylic acids is 1. The van der Waals surface area contributed by atoms with Gasteiger partial charge in [-0.05, 0) is 53.5 Å². The van der Waals surface area contributed by atoms with Crippen LogP contribution in [0.4, 0.5) is 5.69 Å². The van der Waals surface area contributed by atoms with Gasteiger partial charge in [-0.1, -0.05) is 12.1 Å². The van der Waals surface area contributed by atoms with E-state index in [4.69, 9.17) is 0 Å². The molecule has 0 bridgehead atoms. The molecule has 108 valence electrons. The van der Waals surface area contributed by atoms with Crippen LogP contribution in [0, 0.1) is 15.4 Å². The number of nitrogens with zero attached hydrogens (tertiary/aromatic N) is 1. The second kappa shape index (κ2) is 5.99. The molecule has 0 spiro atoms. The lowest BCUT2D eigenvalue weighted by atomic mass is 10.00. The van der Waals surface area contributed by atoms with Gasteiger partial charge in [-0.2, -0.15) is 0 Å². The summed E-state index contributed by atoms with van der Waals surface area (Å²) in [5.41, 5.74) is 0.873. The number of carbonyl (C=O) groups is 1. The zero-order chi connectivity index (χ0) is 14.1. The number of rotatable bonds is 3. The van der Waals surface area contributed by atoms with E-state index in [0.29, 0.717) is 18.4 Å². The summed E-state index contributed by atoms with van der Waals surface area (Å²) < 4.78 is 1.05. The van der Waals surface area contributed by atoms with E-state index in [1.807, 2.05) is 24.3 Å². The minimum Gasteiger partial charge on any atom is -0.393 e. The van der Waals surface area contributed by atoms with E-state index < -0.39 is 0 Å². The van der Waals surface area contributed by atoms with Crippen LogP contribution in [0.25, 0.3) is 0 Å². The Morgan fingerprint density at radius 1 is 1.35 bits per heavy atom. The molecule has 1 aromatic carbocycles. The van der Waals surface area contributed by atoms with Crippen LogP contribution in [0.15, 0.2) is 24.3 Å². The van der Waals surface area contributed by atoms with E-state index in [1.165, 1.54) is 0 Å². The first-order valence-corrected chi connectivity index (χ1v) is 8.16. The third-order valence-electron chi connectivity index (χ3n) is 4.41. The maximum Gasteiger partial charge on any atom is 0.238 e. The van der Waals surface area contributed by atoms with E-state index >= 15 is 0 Å². The van der Waals surface area contributed by atoms with Crippen molar-refractivity contribution in [2.45, 2.75) is 18.9 Å². The Morgan fingerprint density at radius 2 is 2.15 bits per heavy atom. The van der Waals surface area contributed by atoms with Gasteiger partial charge in [0, 0.05) is 22.6 Å². The van der Waals surface area contributed by atoms with Crippen molar-refractivity contribution in [3.05, 3.63) is 27.8 Å². The lowest BCUT2D eigenvalue weighted by molar-refractivity contribution is -0.117. The van der Waals surface area contributed by atoms with Crippen LogP contribution in [0.3, 0.4) is 0 Å². The zero-order valence-electron chi connectivity index (χ0n) is 11.3. The van der Waals surface area contributed by atoms with Gasteiger partial charge in [0.05, 0.1) is 18.3 Å². The van der Waals surface area contributed by atoms with Crippen molar-refractivity contribution in [3.8, 4) is 0 Å². The number of halogens is 1. The number of hydrogen-bond acceptors (Lipinski definition) is 3. The van der Waals surface area contributed by atoms with Crippen molar-refractivity contribution >= 4 is 34.2 Å². The average molecular weight is 386 g/mol. The molecule has 1 aliphatic heterocycles. The molecule has 1 aromatic rings. The Hall–Kier alpha value is -0.660. The first-order valence-electron chi connectivity index (χ1n) is 7.08. The fourth-order valence-electron chi connectivity index (χ4n) is 3.41. The first kappa shape index (κ1) is 14.3. The number of para-hydroxylation sites is 1. The van der Waals surface area contributed by atoms with E-state index in [-0.39, 0.29) is 12.0 Å². The molecule has 3 unspecified atom stereocenters. The molecule has 5 heteroatoms. The summed E-state index contributed by atoms with van der Waals surface area (Å²) in [6.45, 7) is 2.22. The monoisotopic (exact) mass is 386 g/mol. The van der Waals surface area contributed by atoms with Gasteiger partial charge in [0.15, 0.2) is 0 Å². The Balaban J connectivity index is 1.54. The maximum atomic E-state index is 12.1. The Labute approximate surface area is 132 Å². The second-order valence-electron chi connectivity index (χ2n) is 5.79. The molecule has 1 heterocycles. The Morgan fingerprint density at radius 3 is 2.90 bits per heavy atom. The number of aliphatic hydroxyl groups excluding tert-OH is 1. The summed E-state index contributed by atoms with van der Waals surface area (Å²) in [5, 5.41) is 12.9. The zero-order valence-corrected chi connectivity index (χ0v) is 13.4. The molecule has 1 saturated carbocycles. The highest BCUT2D eigenvalue weighted by Crippen LogP contribution is 2.37. The van der Waals surface area contributed by atoms with Crippen LogP contribution >= 0.6 is 22.6 Å². The number of nitrogens with one attached hydrogen (secondary N) is 1. The number of anilines is 1. The number of hydrogen-bond donors (Lipinski definition) is 2. The molecule has 20 heavy (non-hydrogen) atoms. The number of likely N-dealkylation sites (tertiary alicyclic amines) is 1. The summed E-state index contributed by atoms with van der Waals surface area (Å²) in [4.78, 5) is 14.3. The Kier molecular flexibility index (Phi) is 4.28. The molecule has 2 aliphatic rings. The van der Waals surface area contributed by atoms with Gasteiger partial charge in [-0.3, -0.25) is 9.69 Å². The molecule has 3 atom stereocenters. The van der Waals surface area contributed by atoms with Crippen molar-refractivity contribution in [2.24, 2.45) is 11.8 Å². The molecule has 4 nitrogen and oxygen atoms in total. The molecule has 2 N–H and O–H groups in total. The van der Waals surface area contributed by atoms with E-state index in [0.717, 1.165) is 35.2 Å².